The van der Waals surface area contributed by atoms with Crippen LogP contribution >= 0.6 is 22.7 Å². The van der Waals surface area contributed by atoms with Crippen LogP contribution in [-0.4, -0.2) is 23.7 Å². The maximum absolute atomic E-state index is 8.75. The zero-order valence-corrected chi connectivity index (χ0v) is 12.6. The summed E-state index contributed by atoms with van der Waals surface area (Å²) in [6.45, 7) is 2.02. The van der Waals surface area contributed by atoms with Gasteiger partial charge in [0.2, 0.25) is 0 Å². The van der Waals surface area contributed by atoms with Gasteiger partial charge >= 0.3 is 0 Å². The topological polar surface area (TPSA) is 23.5 Å². The van der Waals surface area contributed by atoms with E-state index < -0.39 is 0 Å². The van der Waals surface area contributed by atoms with Crippen LogP contribution in [0, 0.1) is 11.8 Å². The zero-order valence-electron chi connectivity index (χ0n) is 10.9. The van der Waals surface area contributed by atoms with E-state index in [0.717, 1.165) is 18.7 Å². The number of aliphatic hydroxyl groups is 1. The minimum absolute atomic E-state index is 0.130. The molecule has 0 saturated carbocycles. The lowest BCUT2D eigenvalue weighted by Crippen LogP contribution is -2.16. The Hall–Kier alpha value is -1.12. The number of nitrogens with zero attached hydrogens (tertiary/aromatic N) is 1. The lowest BCUT2D eigenvalue weighted by atomic mass is 10.2. The quantitative estimate of drug-likeness (QED) is 0.855. The minimum Gasteiger partial charge on any atom is -0.395 e. The van der Waals surface area contributed by atoms with E-state index >= 15 is 0 Å². The van der Waals surface area contributed by atoms with Crippen LogP contribution < -0.4 is 0 Å². The van der Waals surface area contributed by atoms with Crippen molar-refractivity contribution in [3.8, 4) is 11.8 Å². The summed E-state index contributed by atoms with van der Waals surface area (Å²) in [6, 6.07) is 6.31. The van der Waals surface area contributed by atoms with Crippen molar-refractivity contribution in [3.63, 3.8) is 0 Å². The van der Waals surface area contributed by atoms with Gasteiger partial charge in [0.25, 0.3) is 0 Å². The molecule has 2 rings (SSSR count). The second-order valence-electron chi connectivity index (χ2n) is 4.28. The van der Waals surface area contributed by atoms with Crippen LogP contribution in [0.15, 0.2) is 29.0 Å². The Morgan fingerprint density at radius 3 is 2.84 bits per heavy atom. The summed E-state index contributed by atoms with van der Waals surface area (Å²) < 4.78 is 0. The molecule has 100 valence electrons. The Kier molecular flexibility index (Phi) is 5.62. The Bertz CT molecular complexity index is 548. The summed E-state index contributed by atoms with van der Waals surface area (Å²) in [5.41, 5.74) is 1.09. The minimum atomic E-state index is 0.130. The van der Waals surface area contributed by atoms with Crippen molar-refractivity contribution in [1.82, 2.24) is 4.90 Å². The highest BCUT2D eigenvalue weighted by atomic mass is 32.1. The van der Waals surface area contributed by atoms with Crippen molar-refractivity contribution in [2.75, 3.05) is 13.7 Å². The van der Waals surface area contributed by atoms with Crippen LogP contribution in [0.5, 0.6) is 0 Å². The fourth-order valence-electron chi connectivity index (χ4n) is 1.76. The van der Waals surface area contributed by atoms with Crippen LogP contribution in [-0.2, 0) is 13.1 Å². The van der Waals surface area contributed by atoms with Gasteiger partial charge in [-0.25, -0.2) is 0 Å². The van der Waals surface area contributed by atoms with Gasteiger partial charge in [0.15, 0.2) is 0 Å². The molecule has 1 N–H and O–H groups in total. The Balaban J connectivity index is 1.96. The first kappa shape index (κ1) is 14.3. The largest absolute Gasteiger partial charge is 0.395 e. The molecule has 0 aliphatic rings. The van der Waals surface area contributed by atoms with E-state index in [1.54, 1.807) is 22.7 Å². The molecule has 0 aromatic carbocycles. The molecule has 0 bridgehead atoms. The molecule has 2 nitrogen and oxygen atoms in total. The smallest absolute Gasteiger partial charge is 0.0540 e. The normalized spacial score (nSPS) is 10.5. The molecule has 19 heavy (non-hydrogen) atoms. The molecule has 0 spiro atoms. The summed E-state index contributed by atoms with van der Waals surface area (Å²) in [7, 11) is 2.13. The van der Waals surface area contributed by atoms with Gasteiger partial charge in [-0.2, -0.15) is 0 Å². The van der Waals surface area contributed by atoms with Gasteiger partial charge in [-0.05, 0) is 29.9 Å². The lowest BCUT2D eigenvalue weighted by molar-refractivity contribution is 0.305. The molecule has 2 heterocycles. The maximum atomic E-state index is 8.75. The Morgan fingerprint density at radius 2 is 2.11 bits per heavy atom. The molecule has 2 aromatic rings. The van der Waals surface area contributed by atoms with Crippen LogP contribution in [0.1, 0.15) is 21.7 Å². The first-order chi connectivity index (χ1) is 9.29. The van der Waals surface area contributed by atoms with Crippen molar-refractivity contribution in [2.45, 2.75) is 19.5 Å². The highest BCUT2D eigenvalue weighted by molar-refractivity contribution is 7.10. The fourth-order valence-corrected chi connectivity index (χ4v) is 3.45. The Labute approximate surface area is 122 Å². The molecule has 2 aromatic heterocycles. The van der Waals surface area contributed by atoms with Crippen molar-refractivity contribution in [2.24, 2.45) is 0 Å². The molecule has 0 fully saturated rings. The fraction of sp³-hybridized carbons (Fsp3) is 0.333. The van der Waals surface area contributed by atoms with Crippen molar-refractivity contribution < 1.29 is 5.11 Å². The van der Waals surface area contributed by atoms with E-state index in [9.17, 15) is 0 Å². The van der Waals surface area contributed by atoms with Gasteiger partial charge in [0.05, 0.1) is 6.61 Å². The molecule has 4 heteroatoms. The zero-order chi connectivity index (χ0) is 13.5. The number of hydrogen-bond donors (Lipinski definition) is 1. The summed E-state index contributed by atoms with van der Waals surface area (Å²) in [5.74, 6) is 6.12. The van der Waals surface area contributed by atoms with Crippen molar-refractivity contribution in [1.29, 1.82) is 0 Å². The Morgan fingerprint density at radius 1 is 1.21 bits per heavy atom. The third-order valence-corrected chi connectivity index (χ3v) is 4.39. The summed E-state index contributed by atoms with van der Waals surface area (Å²) in [4.78, 5) is 4.98. The van der Waals surface area contributed by atoms with Gasteiger partial charge in [-0.3, -0.25) is 4.90 Å². The highest BCUT2D eigenvalue weighted by Gasteiger charge is 2.07. The van der Waals surface area contributed by atoms with Gasteiger partial charge < -0.3 is 5.11 Å². The third kappa shape index (κ3) is 4.48. The average molecular weight is 291 g/mol. The van der Waals surface area contributed by atoms with Crippen LogP contribution in [0.4, 0.5) is 0 Å². The third-order valence-electron chi connectivity index (χ3n) is 2.62. The predicted molar refractivity (Wildman–Crippen MR) is 82.4 cm³/mol. The predicted octanol–water partition coefficient (Wildman–Crippen LogP) is 3.18. The van der Waals surface area contributed by atoms with E-state index in [4.69, 9.17) is 5.11 Å². The molecule has 0 radical (unpaired) electrons. The molecular weight excluding hydrogens is 274 g/mol. The number of rotatable bonds is 5. The van der Waals surface area contributed by atoms with Crippen LogP contribution in [0.25, 0.3) is 0 Å². The van der Waals surface area contributed by atoms with Crippen LogP contribution in [0.3, 0.4) is 0 Å². The second kappa shape index (κ2) is 7.46. The summed E-state index contributed by atoms with van der Waals surface area (Å²) >= 11 is 3.54. The number of thiophene rings is 2. The maximum Gasteiger partial charge on any atom is 0.0540 e. The van der Waals surface area contributed by atoms with E-state index in [1.165, 1.54) is 9.75 Å². The van der Waals surface area contributed by atoms with E-state index in [-0.39, 0.29) is 6.61 Å². The molecule has 0 saturated heterocycles. The number of aliphatic hydroxyl groups excluding tert-OH is 1. The van der Waals surface area contributed by atoms with Gasteiger partial charge in [-0.1, -0.05) is 17.9 Å². The lowest BCUT2D eigenvalue weighted by Gasteiger charge is -2.14. The van der Waals surface area contributed by atoms with Crippen LogP contribution in [0.2, 0.25) is 0 Å². The van der Waals surface area contributed by atoms with E-state index in [0.29, 0.717) is 6.42 Å². The van der Waals surface area contributed by atoms with Crippen molar-refractivity contribution >= 4 is 22.7 Å². The van der Waals surface area contributed by atoms with E-state index in [2.05, 4.69) is 52.7 Å². The monoisotopic (exact) mass is 291 g/mol. The average Bonchev–Trinajstić information content (AvgIpc) is 3.02. The molecule has 0 aliphatic carbocycles. The standard InChI is InChI=1S/C15H17NOS2/c1-16(11-14-6-4-9-18-14)12-15-13(7-10-19-15)5-2-3-8-17/h4,6-7,9-10,17H,3,8,11-12H2,1H3. The van der Waals surface area contributed by atoms with Crippen molar-refractivity contribution in [3.05, 3.63) is 44.3 Å². The molecular formula is C15H17NOS2. The SMILES string of the molecule is CN(Cc1cccs1)Cc1sccc1C#CCCO. The molecule has 0 amide bonds. The van der Waals surface area contributed by atoms with Gasteiger partial charge in [-0.15, -0.1) is 22.7 Å². The highest BCUT2D eigenvalue weighted by Crippen LogP contribution is 2.19. The van der Waals surface area contributed by atoms with Gasteiger partial charge in [0.1, 0.15) is 0 Å². The number of hydrogen-bond acceptors (Lipinski definition) is 4. The van der Waals surface area contributed by atoms with Gasteiger partial charge in [0, 0.05) is 34.8 Å². The molecule has 0 unspecified atom stereocenters. The summed E-state index contributed by atoms with van der Waals surface area (Å²) in [5, 5.41) is 12.9. The summed E-state index contributed by atoms with van der Waals surface area (Å²) in [6.07, 6.45) is 0.542. The second-order valence-corrected chi connectivity index (χ2v) is 6.32. The first-order valence-corrected chi connectivity index (χ1v) is 7.92. The first-order valence-electron chi connectivity index (χ1n) is 6.16. The van der Waals surface area contributed by atoms with E-state index in [1.807, 2.05) is 0 Å². The molecule has 0 aliphatic heterocycles. The molecule has 0 atom stereocenters.